The number of rotatable bonds is 5. The predicted octanol–water partition coefficient (Wildman–Crippen LogP) is 3.52. The molecule has 1 atom stereocenters. The van der Waals surface area contributed by atoms with Crippen LogP contribution in [0.1, 0.15) is 57.3 Å². The third kappa shape index (κ3) is 5.71. The molecule has 1 heterocycles. The lowest BCUT2D eigenvalue weighted by molar-refractivity contribution is 0.0749. The van der Waals surface area contributed by atoms with Crippen LogP contribution >= 0.6 is 0 Å². The molecule has 1 saturated heterocycles. The van der Waals surface area contributed by atoms with E-state index in [0.29, 0.717) is 24.4 Å². The van der Waals surface area contributed by atoms with Gasteiger partial charge in [-0.2, -0.15) is 0 Å². The van der Waals surface area contributed by atoms with Crippen LogP contribution in [0.3, 0.4) is 0 Å². The molecule has 2 fully saturated rings. The third-order valence-electron chi connectivity index (χ3n) is 5.44. The summed E-state index contributed by atoms with van der Waals surface area (Å²) in [6.07, 6.45) is 3.17. The fourth-order valence-corrected chi connectivity index (χ4v) is 3.52. The van der Waals surface area contributed by atoms with Crippen molar-refractivity contribution in [3.8, 4) is 5.75 Å². The number of piperazine rings is 1. The second kappa shape index (κ2) is 8.52. The summed E-state index contributed by atoms with van der Waals surface area (Å²) in [5.41, 5.74) is 0.757. The molecule has 1 aliphatic carbocycles. The summed E-state index contributed by atoms with van der Waals surface area (Å²) < 4.78 is 5.53. The van der Waals surface area contributed by atoms with Gasteiger partial charge in [-0.25, -0.2) is 4.79 Å². The van der Waals surface area contributed by atoms with Crippen LogP contribution in [0, 0.1) is 5.41 Å². The Morgan fingerprint density at radius 1 is 1.14 bits per heavy atom. The molecule has 1 aromatic carbocycles. The molecular formula is C22H33N3O3. The molecule has 3 rings (SSSR count). The molecule has 154 valence electrons. The highest BCUT2D eigenvalue weighted by atomic mass is 16.6. The average molecular weight is 388 g/mol. The van der Waals surface area contributed by atoms with E-state index >= 15 is 0 Å². The summed E-state index contributed by atoms with van der Waals surface area (Å²) >= 11 is 0. The minimum atomic E-state index is -0.315. The van der Waals surface area contributed by atoms with Gasteiger partial charge in [0.1, 0.15) is 5.75 Å². The maximum Gasteiger partial charge on any atom is 0.415 e. The quantitative estimate of drug-likeness (QED) is 0.840. The van der Waals surface area contributed by atoms with Gasteiger partial charge in [0, 0.05) is 43.8 Å². The van der Waals surface area contributed by atoms with Gasteiger partial charge in [0.2, 0.25) is 0 Å². The SMILES string of the molecule is CC1CN(C2CC2)CCN1C(=O)Oc1ccc(C(=O)NCCC(C)(C)C)cc1. The summed E-state index contributed by atoms with van der Waals surface area (Å²) in [6.45, 7) is 11.7. The second-order valence-electron chi connectivity index (χ2n) is 9.23. The first kappa shape index (κ1) is 20.6. The Balaban J connectivity index is 1.48. The number of hydrogen-bond donors (Lipinski definition) is 1. The van der Waals surface area contributed by atoms with Crippen LogP contribution in [-0.2, 0) is 0 Å². The number of nitrogens with zero attached hydrogens (tertiary/aromatic N) is 2. The van der Waals surface area contributed by atoms with E-state index in [0.717, 1.165) is 25.6 Å². The van der Waals surface area contributed by atoms with Crippen molar-refractivity contribution in [2.75, 3.05) is 26.2 Å². The van der Waals surface area contributed by atoms with Crippen molar-refractivity contribution < 1.29 is 14.3 Å². The van der Waals surface area contributed by atoms with E-state index in [2.05, 4.69) is 37.9 Å². The van der Waals surface area contributed by atoms with Gasteiger partial charge in [0.25, 0.3) is 5.91 Å². The maximum absolute atomic E-state index is 12.5. The van der Waals surface area contributed by atoms with Crippen LogP contribution in [0.2, 0.25) is 0 Å². The smallest absolute Gasteiger partial charge is 0.410 e. The van der Waals surface area contributed by atoms with Crippen LogP contribution in [0.4, 0.5) is 4.79 Å². The van der Waals surface area contributed by atoms with Gasteiger partial charge in [-0.3, -0.25) is 9.69 Å². The lowest BCUT2D eigenvalue weighted by atomic mass is 9.92. The van der Waals surface area contributed by atoms with Crippen molar-refractivity contribution in [3.63, 3.8) is 0 Å². The molecule has 1 aromatic rings. The van der Waals surface area contributed by atoms with Crippen LogP contribution < -0.4 is 10.1 Å². The Morgan fingerprint density at radius 2 is 1.82 bits per heavy atom. The molecular weight excluding hydrogens is 354 g/mol. The number of amides is 2. The fourth-order valence-electron chi connectivity index (χ4n) is 3.52. The van der Waals surface area contributed by atoms with Crippen LogP contribution in [0.25, 0.3) is 0 Å². The van der Waals surface area contributed by atoms with Crippen LogP contribution in [0.5, 0.6) is 5.75 Å². The van der Waals surface area contributed by atoms with E-state index in [4.69, 9.17) is 4.74 Å². The summed E-state index contributed by atoms with van der Waals surface area (Å²) in [5.74, 6) is 0.361. The molecule has 1 unspecified atom stereocenters. The van der Waals surface area contributed by atoms with Crippen molar-refractivity contribution in [2.24, 2.45) is 5.41 Å². The first-order valence-electron chi connectivity index (χ1n) is 10.3. The molecule has 2 amide bonds. The predicted molar refractivity (Wildman–Crippen MR) is 110 cm³/mol. The van der Waals surface area contributed by atoms with Gasteiger partial charge in [-0.05, 0) is 55.9 Å². The van der Waals surface area contributed by atoms with Crippen LogP contribution in [0.15, 0.2) is 24.3 Å². The molecule has 28 heavy (non-hydrogen) atoms. The van der Waals surface area contributed by atoms with E-state index in [1.54, 1.807) is 29.2 Å². The Bertz CT molecular complexity index is 692. The first-order chi connectivity index (χ1) is 13.2. The third-order valence-corrected chi connectivity index (χ3v) is 5.44. The largest absolute Gasteiger partial charge is 0.415 e. The number of benzene rings is 1. The fraction of sp³-hybridized carbons (Fsp3) is 0.636. The summed E-state index contributed by atoms with van der Waals surface area (Å²) in [5, 5.41) is 2.93. The average Bonchev–Trinajstić information content (AvgIpc) is 3.46. The first-order valence-corrected chi connectivity index (χ1v) is 10.3. The minimum absolute atomic E-state index is 0.105. The highest BCUT2D eigenvalue weighted by Crippen LogP contribution is 2.29. The number of hydrogen-bond acceptors (Lipinski definition) is 4. The number of carbonyl (C=O) groups is 2. The van der Waals surface area contributed by atoms with Gasteiger partial charge in [-0.15, -0.1) is 0 Å². The topological polar surface area (TPSA) is 61.9 Å². The second-order valence-corrected chi connectivity index (χ2v) is 9.23. The normalized spacial score (nSPS) is 20.7. The maximum atomic E-state index is 12.5. The van der Waals surface area contributed by atoms with Crippen molar-refractivity contribution >= 4 is 12.0 Å². The zero-order chi connectivity index (χ0) is 20.3. The Hall–Kier alpha value is -2.08. The number of carbonyl (C=O) groups excluding carboxylic acids is 2. The molecule has 0 radical (unpaired) electrons. The lowest BCUT2D eigenvalue weighted by Crippen LogP contribution is -2.55. The summed E-state index contributed by atoms with van der Waals surface area (Å²) in [7, 11) is 0. The van der Waals surface area contributed by atoms with Crippen molar-refractivity contribution in [3.05, 3.63) is 29.8 Å². The monoisotopic (exact) mass is 387 g/mol. The van der Waals surface area contributed by atoms with E-state index in [1.807, 2.05) is 0 Å². The Morgan fingerprint density at radius 3 is 2.39 bits per heavy atom. The number of nitrogens with one attached hydrogen (secondary N) is 1. The molecule has 1 N–H and O–H groups in total. The van der Waals surface area contributed by atoms with Crippen molar-refractivity contribution in [2.45, 2.75) is 59.0 Å². The highest BCUT2D eigenvalue weighted by Gasteiger charge is 2.36. The van der Waals surface area contributed by atoms with Gasteiger partial charge in [0.15, 0.2) is 0 Å². The van der Waals surface area contributed by atoms with E-state index < -0.39 is 0 Å². The molecule has 1 aliphatic heterocycles. The Kier molecular flexibility index (Phi) is 6.28. The zero-order valence-corrected chi connectivity index (χ0v) is 17.5. The van der Waals surface area contributed by atoms with Gasteiger partial charge >= 0.3 is 6.09 Å². The van der Waals surface area contributed by atoms with Gasteiger partial charge in [-0.1, -0.05) is 20.8 Å². The lowest BCUT2D eigenvalue weighted by Gasteiger charge is -2.39. The molecule has 6 heteroatoms. The molecule has 0 spiro atoms. The van der Waals surface area contributed by atoms with Gasteiger partial charge in [0.05, 0.1) is 0 Å². The van der Waals surface area contributed by atoms with Crippen molar-refractivity contribution in [1.29, 1.82) is 0 Å². The molecule has 1 saturated carbocycles. The highest BCUT2D eigenvalue weighted by molar-refractivity contribution is 5.94. The van der Waals surface area contributed by atoms with E-state index in [9.17, 15) is 9.59 Å². The molecule has 0 aromatic heterocycles. The summed E-state index contributed by atoms with van der Waals surface area (Å²) in [6, 6.07) is 7.63. The summed E-state index contributed by atoms with van der Waals surface area (Å²) in [4.78, 5) is 29.0. The Labute approximate surface area is 168 Å². The zero-order valence-electron chi connectivity index (χ0n) is 17.5. The van der Waals surface area contributed by atoms with E-state index in [1.165, 1.54) is 12.8 Å². The number of ether oxygens (including phenoxy) is 1. The van der Waals surface area contributed by atoms with Crippen LogP contribution in [-0.4, -0.2) is 60.1 Å². The van der Waals surface area contributed by atoms with Crippen molar-refractivity contribution in [1.82, 2.24) is 15.1 Å². The standard InChI is InChI=1S/C22H33N3O3/c1-16-15-24(18-7-8-18)13-14-25(16)21(27)28-19-9-5-17(6-10-19)20(26)23-12-11-22(2,3)4/h5-6,9-10,16,18H,7-8,11-15H2,1-4H3,(H,23,26). The molecule has 0 bridgehead atoms. The minimum Gasteiger partial charge on any atom is -0.410 e. The molecule has 2 aliphatic rings. The molecule has 6 nitrogen and oxygen atoms in total. The van der Waals surface area contributed by atoms with E-state index in [-0.39, 0.29) is 23.5 Å². The van der Waals surface area contributed by atoms with Gasteiger partial charge < -0.3 is 15.0 Å².